The maximum Gasteiger partial charge on any atom is 0.246 e. The molecule has 7 nitrogen and oxygen atoms in total. The van der Waals surface area contributed by atoms with E-state index in [1.807, 2.05) is 36.4 Å². The number of methoxy groups -OCH3 is 1. The number of benzene rings is 3. The van der Waals surface area contributed by atoms with Gasteiger partial charge in [-0.25, -0.2) is 4.68 Å². The fourth-order valence-electron chi connectivity index (χ4n) is 2.92. The summed E-state index contributed by atoms with van der Waals surface area (Å²) in [6.07, 6.45) is 1.70. The Morgan fingerprint density at radius 2 is 1.76 bits per heavy atom. The molecule has 0 saturated carbocycles. The molecule has 4 rings (SSSR count). The number of fused-ring (bicyclic) bond motifs is 1. The summed E-state index contributed by atoms with van der Waals surface area (Å²) in [5.41, 5.74) is 1.34. The second kappa shape index (κ2) is 8.43. The Morgan fingerprint density at radius 1 is 1.00 bits per heavy atom. The Bertz CT molecular complexity index is 1120. The van der Waals surface area contributed by atoms with Gasteiger partial charge >= 0.3 is 0 Å². The number of nitrogens with zero attached hydrogens (tertiary/aromatic N) is 3. The number of carbonyl (C=O) groups excluding carboxylic acids is 1. The number of rotatable bonds is 7. The summed E-state index contributed by atoms with van der Waals surface area (Å²) in [5, 5.41) is 13.1. The molecule has 0 atom stereocenters. The number of carbonyl (C=O) groups is 1. The van der Waals surface area contributed by atoms with Crippen LogP contribution in [0.1, 0.15) is 5.69 Å². The van der Waals surface area contributed by atoms with Gasteiger partial charge in [0.05, 0.1) is 13.3 Å². The van der Waals surface area contributed by atoms with Gasteiger partial charge in [-0.05, 0) is 47.2 Å². The van der Waals surface area contributed by atoms with Crippen LogP contribution in [0.25, 0.3) is 10.8 Å². The lowest BCUT2D eigenvalue weighted by Gasteiger charge is -2.06. The monoisotopic (exact) mass is 388 g/mol. The van der Waals surface area contributed by atoms with Crippen molar-refractivity contribution < 1.29 is 14.3 Å². The third-order valence-corrected chi connectivity index (χ3v) is 4.37. The molecule has 0 radical (unpaired) electrons. The zero-order valence-electron chi connectivity index (χ0n) is 15.9. The highest BCUT2D eigenvalue weighted by molar-refractivity contribution is 5.90. The molecular weight excluding hydrogens is 368 g/mol. The van der Waals surface area contributed by atoms with Gasteiger partial charge in [-0.1, -0.05) is 35.5 Å². The Balaban J connectivity index is 1.32. The van der Waals surface area contributed by atoms with E-state index >= 15 is 0 Å². The van der Waals surface area contributed by atoms with Gasteiger partial charge in [0, 0.05) is 5.69 Å². The van der Waals surface area contributed by atoms with E-state index in [1.54, 1.807) is 37.6 Å². The van der Waals surface area contributed by atoms with E-state index in [1.165, 1.54) is 4.68 Å². The van der Waals surface area contributed by atoms with Crippen LogP contribution >= 0.6 is 0 Å². The Labute approximate surface area is 167 Å². The summed E-state index contributed by atoms with van der Waals surface area (Å²) in [7, 11) is 1.60. The quantitative estimate of drug-likeness (QED) is 0.523. The van der Waals surface area contributed by atoms with Crippen molar-refractivity contribution in [3.63, 3.8) is 0 Å². The number of hydrogen-bond donors (Lipinski definition) is 1. The second-order valence-corrected chi connectivity index (χ2v) is 6.48. The molecule has 1 heterocycles. The molecule has 0 fully saturated rings. The van der Waals surface area contributed by atoms with Crippen molar-refractivity contribution in [3.05, 3.63) is 78.6 Å². The lowest BCUT2D eigenvalue weighted by Crippen LogP contribution is -2.19. The van der Waals surface area contributed by atoms with Gasteiger partial charge in [0.25, 0.3) is 0 Å². The minimum atomic E-state index is -0.193. The molecule has 0 saturated heterocycles. The predicted octanol–water partition coefficient (Wildman–Crippen LogP) is 3.66. The maximum atomic E-state index is 12.2. The second-order valence-electron chi connectivity index (χ2n) is 6.48. The maximum absolute atomic E-state index is 12.2. The summed E-state index contributed by atoms with van der Waals surface area (Å²) in [6.45, 7) is 0.341. The predicted molar refractivity (Wildman–Crippen MR) is 110 cm³/mol. The zero-order chi connectivity index (χ0) is 20.1. The van der Waals surface area contributed by atoms with Gasteiger partial charge in [0.15, 0.2) is 0 Å². The minimum Gasteiger partial charge on any atom is -0.497 e. The SMILES string of the molecule is COc1ccc(NC(=O)Cn2cc(COc3ccc4ccccc4c3)nn2)cc1. The van der Waals surface area contributed by atoms with Gasteiger partial charge in [0.1, 0.15) is 30.3 Å². The van der Waals surface area contributed by atoms with E-state index in [0.717, 1.165) is 22.3 Å². The molecule has 1 aromatic heterocycles. The van der Waals surface area contributed by atoms with E-state index in [4.69, 9.17) is 9.47 Å². The number of amides is 1. The van der Waals surface area contributed by atoms with Crippen LogP contribution in [0.5, 0.6) is 11.5 Å². The van der Waals surface area contributed by atoms with E-state index < -0.39 is 0 Å². The van der Waals surface area contributed by atoms with Crippen LogP contribution in [0.4, 0.5) is 5.69 Å². The molecule has 7 heteroatoms. The summed E-state index contributed by atoms with van der Waals surface area (Å²) in [6, 6.07) is 21.2. The molecule has 0 bridgehead atoms. The van der Waals surface area contributed by atoms with Crippen molar-refractivity contribution in [2.75, 3.05) is 12.4 Å². The van der Waals surface area contributed by atoms with Gasteiger partial charge in [0.2, 0.25) is 5.91 Å². The summed E-state index contributed by atoms with van der Waals surface area (Å²) >= 11 is 0. The lowest BCUT2D eigenvalue weighted by molar-refractivity contribution is -0.116. The molecule has 0 aliphatic carbocycles. The summed E-state index contributed by atoms with van der Waals surface area (Å²) in [4.78, 5) is 12.2. The first-order valence-corrected chi connectivity index (χ1v) is 9.14. The van der Waals surface area contributed by atoms with Gasteiger partial charge in [-0.15, -0.1) is 5.10 Å². The van der Waals surface area contributed by atoms with Crippen molar-refractivity contribution in [1.29, 1.82) is 0 Å². The first-order chi connectivity index (χ1) is 14.2. The molecular formula is C22H20N4O3. The zero-order valence-corrected chi connectivity index (χ0v) is 15.9. The highest BCUT2D eigenvalue weighted by Crippen LogP contribution is 2.21. The van der Waals surface area contributed by atoms with Crippen LogP contribution in [-0.2, 0) is 17.9 Å². The average Bonchev–Trinajstić information content (AvgIpc) is 3.19. The van der Waals surface area contributed by atoms with Crippen molar-refractivity contribution in [3.8, 4) is 11.5 Å². The van der Waals surface area contributed by atoms with Crippen LogP contribution in [-0.4, -0.2) is 28.0 Å². The number of anilines is 1. The number of ether oxygens (including phenoxy) is 2. The van der Waals surface area contributed by atoms with Gasteiger partial charge < -0.3 is 14.8 Å². The average molecular weight is 388 g/mol. The highest BCUT2D eigenvalue weighted by Gasteiger charge is 2.08. The molecule has 29 heavy (non-hydrogen) atoms. The summed E-state index contributed by atoms with van der Waals surface area (Å²) < 4.78 is 12.4. The topological polar surface area (TPSA) is 78.3 Å². The van der Waals surface area contributed by atoms with Crippen LogP contribution < -0.4 is 14.8 Å². The Hall–Kier alpha value is -3.87. The Morgan fingerprint density at radius 3 is 2.55 bits per heavy atom. The van der Waals surface area contributed by atoms with Crippen molar-refractivity contribution >= 4 is 22.4 Å². The lowest BCUT2D eigenvalue weighted by atomic mass is 10.1. The normalized spacial score (nSPS) is 10.7. The van der Waals surface area contributed by atoms with Gasteiger partial charge in [-0.3, -0.25) is 4.79 Å². The van der Waals surface area contributed by atoms with E-state index in [-0.39, 0.29) is 19.1 Å². The van der Waals surface area contributed by atoms with Crippen molar-refractivity contribution in [1.82, 2.24) is 15.0 Å². The molecule has 0 spiro atoms. The molecule has 0 unspecified atom stereocenters. The van der Waals surface area contributed by atoms with E-state index in [0.29, 0.717) is 11.4 Å². The fraction of sp³-hybridized carbons (Fsp3) is 0.136. The standard InChI is InChI=1S/C22H20N4O3/c1-28-20-10-7-18(8-11-20)23-22(27)14-26-13-19(24-25-26)15-29-21-9-6-16-4-2-3-5-17(16)12-21/h2-13H,14-15H2,1H3,(H,23,27). The number of nitrogens with one attached hydrogen (secondary N) is 1. The molecule has 0 aliphatic rings. The fourth-order valence-corrected chi connectivity index (χ4v) is 2.92. The summed E-state index contributed by atoms with van der Waals surface area (Å²) in [5.74, 6) is 1.30. The molecule has 4 aromatic rings. The molecule has 0 aliphatic heterocycles. The number of hydrogen-bond acceptors (Lipinski definition) is 5. The molecule has 3 aromatic carbocycles. The van der Waals surface area contributed by atoms with Crippen molar-refractivity contribution in [2.45, 2.75) is 13.2 Å². The third kappa shape index (κ3) is 4.70. The van der Waals surface area contributed by atoms with Crippen LogP contribution in [0.3, 0.4) is 0 Å². The van der Waals surface area contributed by atoms with Gasteiger partial charge in [-0.2, -0.15) is 0 Å². The van der Waals surface area contributed by atoms with Crippen LogP contribution in [0.15, 0.2) is 72.9 Å². The largest absolute Gasteiger partial charge is 0.497 e. The first kappa shape index (κ1) is 18.5. The highest BCUT2D eigenvalue weighted by atomic mass is 16.5. The minimum absolute atomic E-state index is 0.0645. The third-order valence-electron chi connectivity index (χ3n) is 4.37. The first-order valence-electron chi connectivity index (χ1n) is 9.14. The van der Waals surface area contributed by atoms with Crippen LogP contribution in [0, 0.1) is 0 Å². The molecule has 1 N–H and O–H groups in total. The van der Waals surface area contributed by atoms with E-state index in [2.05, 4.69) is 21.7 Å². The number of aromatic nitrogens is 3. The smallest absolute Gasteiger partial charge is 0.246 e. The molecule has 146 valence electrons. The van der Waals surface area contributed by atoms with Crippen LogP contribution in [0.2, 0.25) is 0 Å². The van der Waals surface area contributed by atoms with Crippen molar-refractivity contribution in [2.24, 2.45) is 0 Å². The molecule has 1 amide bonds. The van der Waals surface area contributed by atoms with E-state index in [9.17, 15) is 4.79 Å². The Kier molecular flexibility index (Phi) is 5.38.